The molecular weight excluding hydrogens is 251 g/mol. The number of carboxylic acids is 1. The maximum Gasteiger partial charge on any atom is 0.416 e. The molecule has 0 aliphatic rings. The first-order chi connectivity index (χ1) is 8.38. The highest BCUT2D eigenvalue weighted by atomic mass is 19.4. The zero-order chi connectivity index (χ0) is 13.3. The van der Waals surface area contributed by atoms with E-state index in [1.165, 1.54) is 12.1 Å². The lowest BCUT2D eigenvalue weighted by Gasteiger charge is -2.06. The summed E-state index contributed by atoms with van der Waals surface area (Å²) in [6, 6.07) is 5.33. The number of alkyl halides is 3. The standard InChI is InChI=1S/C11H6F3NO3/c12-11(13,14)7-3-1-6(2-4-7)8-5-9(10(16)17)18-15-8/h1-5H,(H,16,17). The minimum atomic E-state index is -4.41. The number of rotatable bonds is 2. The average Bonchev–Trinajstić information content (AvgIpc) is 2.77. The second-order valence-electron chi connectivity index (χ2n) is 3.46. The first-order valence-corrected chi connectivity index (χ1v) is 4.75. The number of carboxylic acid groups (broad SMARTS) is 1. The Hall–Kier alpha value is -2.31. The van der Waals surface area contributed by atoms with Gasteiger partial charge in [0.1, 0.15) is 5.69 Å². The quantitative estimate of drug-likeness (QED) is 0.897. The Bertz CT molecular complexity index is 572. The fraction of sp³-hybridized carbons (Fsp3) is 0.0909. The summed E-state index contributed by atoms with van der Waals surface area (Å²) >= 11 is 0. The zero-order valence-corrected chi connectivity index (χ0v) is 8.73. The van der Waals surface area contributed by atoms with Crippen molar-refractivity contribution in [2.75, 3.05) is 0 Å². The fourth-order valence-corrected chi connectivity index (χ4v) is 1.34. The summed E-state index contributed by atoms with van der Waals surface area (Å²) in [5, 5.41) is 12.1. The van der Waals surface area contributed by atoms with Gasteiger partial charge in [-0.3, -0.25) is 0 Å². The third kappa shape index (κ3) is 2.34. The Labute approximate surface area is 98.6 Å². The Morgan fingerprint density at radius 2 is 1.83 bits per heavy atom. The van der Waals surface area contributed by atoms with E-state index in [-0.39, 0.29) is 11.5 Å². The summed E-state index contributed by atoms with van der Waals surface area (Å²) in [4.78, 5) is 10.5. The first kappa shape index (κ1) is 12.2. The van der Waals surface area contributed by atoms with Crippen LogP contribution in [0, 0.1) is 0 Å². The SMILES string of the molecule is O=C(O)c1cc(-c2ccc(C(F)(F)F)cc2)no1. The number of aromatic carboxylic acids is 1. The van der Waals surface area contributed by atoms with Crippen LogP contribution < -0.4 is 0 Å². The van der Waals surface area contributed by atoms with Crippen LogP contribution in [0.25, 0.3) is 11.3 Å². The molecule has 0 amide bonds. The maximum absolute atomic E-state index is 12.3. The second kappa shape index (κ2) is 4.17. The highest BCUT2D eigenvalue weighted by Crippen LogP contribution is 2.30. The molecule has 1 aromatic heterocycles. The van der Waals surface area contributed by atoms with Gasteiger partial charge in [-0.25, -0.2) is 4.79 Å². The molecule has 2 aromatic rings. The molecule has 1 heterocycles. The molecule has 1 N–H and O–H groups in total. The molecular formula is C11H6F3NO3. The molecule has 0 aliphatic heterocycles. The van der Waals surface area contributed by atoms with E-state index in [0.29, 0.717) is 5.56 Å². The molecule has 94 valence electrons. The maximum atomic E-state index is 12.3. The van der Waals surface area contributed by atoms with E-state index < -0.39 is 17.7 Å². The van der Waals surface area contributed by atoms with Crippen molar-refractivity contribution in [3.8, 4) is 11.3 Å². The highest BCUT2D eigenvalue weighted by Gasteiger charge is 2.30. The van der Waals surface area contributed by atoms with Crippen LogP contribution in [-0.4, -0.2) is 16.2 Å². The Balaban J connectivity index is 2.31. The molecule has 4 nitrogen and oxygen atoms in total. The van der Waals surface area contributed by atoms with Crippen molar-refractivity contribution in [3.63, 3.8) is 0 Å². The van der Waals surface area contributed by atoms with Gasteiger partial charge in [-0.1, -0.05) is 17.3 Å². The molecule has 0 aliphatic carbocycles. The van der Waals surface area contributed by atoms with E-state index in [1.807, 2.05) is 0 Å². The third-order valence-electron chi connectivity index (χ3n) is 2.23. The molecule has 0 radical (unpaired) electrons. The van der Waals surface area contributed by atoms with Gasteiger partial charge in [0, 0.05) is 11.6 Å². The van der Waals surface area contributed by atoms with Crippen LogP contribution in [0.4, 0.5) is 13.2 Å². The van der Waals surface area contributed by atoms with E-state index in [2.05, 4.69) is 9.68 Å². The molecule has 18 heavy (non-hydrogen) atoms. The minimum absolute atomic E-state index is 0.168. The summed E-state index contributed by atoms with van der Waals surface area (Å²) in [5.74, 6) is -1.66. The van der Waals surface area contributed by atoms with Crippen LogP contribution in [0.3, 0.4) is 0 Å². The highest BCUT2D eigenvalue weighted by molar-refractivity contribution is 5.85. The van der Waals surface area contributed by atoms with Crippen molar-refractivity contribution in [1.29, 1.82) is 0 Å². The first-order valence-electron chi connectivity index (χ1n) is 4.75. The van der Waals surface area contributed by atoms with Crippen LogP contribution in [0.5, 0.6) is 0 Å². The Kier molecular flexibility index (Phi) is 2.82. The van der Waals surface area contributed by atoms with E-state index in [0.717, 1.165) is 18.2 Å². The summed E-state index contributed by atoms with van der Waals surface area (Å²) < 4.78 is 41.5. The van der Waals surface area contributed by atoms with Gasteiger partial charge in [0.15, 0.2) is 0 Å². The number of halogens is 3. The van der Waals surface area contributed by atoms with Crippen LogP contribution in [0.2, 0.25) is 0 Å². The Morgan fingerprint density at radius 3 is 2.28 bits per heavy atom. The summed E-state index contributed by atoms with van der Waals surface area (Å²) in [6.45, 7) is 0. The van der Waals surface area contributed by atoms with Crippen molar-refractivity contribution in [2.24, 2.45) is 0 Å². The lowest BCUT2D eigenvalue weighted by molar-refractivity contribution is -0.137. The normalized spacial score (nSPS) is 11.5. The third-order valence-corrected chi connectivity index (χ3v) is 2.23. The topological polar surface area (TPSA) is 63.3 Å². The van der Waals surface area contributed by atoms with Crippen molar-refractivity contribution in [1.82, 2.24) is 5.16 Å². The van der Waals surface area contributed by atoms with Crippen molar-refractivity contribution >= 4 is 5.97 Å². The molecule has 1 aromatic carbocycles. The van der Waals surface area contributed by atoms with Gasteiger partial charge >= 0.3 is 12.1 Å². The van der Waals surface area contributed by atoms with Gasteiger partial charge in [-0.15, -0.1) is 0 Å². The van der Waals surface area contributed by atoms with E-state index >= 15 is 0 Å². The van der Waals surface area contributed by atoms with Gasteiger partial charge in [0.25, 0.3) is 0 Å². The van der Waals surface area contributed by atoms with Crippen molar-refractivity contribution in [3.05, 3.63) is 41.7 Å². The van der Waals surface area contributed by atoms with Crippen LogP contribution in [0.1, 0.15) is 16.1 Å². The molecule has 7 heteroatoms. The van der Waals surface area contributed by atoms with E-state index in [4.69, 9.17) is 5.11 Å². The van der Waals surface area contributed by atoms with Gasteiger partial charge in [0.2, 0.25) is 5.76 Å². The zero-order valence-electron chi connectivity index (χ0n) is 8.73. The van der Waals surface area contributed by atoms with E-state index in [9.17, 15) is 18.0 Å². The number of aromatic nitrogens is 1. The summed E-state index contributed by atoms with van der Waals surface area (Å²) in [7, 11) is 0. The molecule has 2 rings (SSSR count). The number of benzene rings is 1. The molecule has 0 bridgehead atoms. The number of nitrogens with zero attached hydrogens (tertiary/aromatic N) is 1. The molecule has 0 saturated carbocycles. The number of hydrogen-bond donors (Lipinski definition) is 1. The number of carbonyl (C=O) groups is 1. The Morgan fingerprint density at radius 1 is 1.22 bits per heavy atom. The van der Waals surface area contributed by atoms with Crippen molar-refractivity contribution in [2.45, 2.75) is 6.18 Å². The predicted octanol–water partition coefficient (Wildman–Crippen LogP) is 3.06. The number of hydrogen-bond acceptors (Lipinski definition) is 3. The lowest BCUT2D eigenvalue weighted by Crippen LogP contribution is -2.03. The summed E-state index contributed by atoms with van der Waals surface area (Å²) in [6.07, 6.45) is -4.41. The molecule has 0 atom stereocenters. The van der Waals surface area contributed by atoms with Crippen LogP contribution in [-0.2, 0) is 6.18 Å². The van der Waals surface area contributed by atoms with Crippen LogP contribution >= 0.6 is 0 Å². The summed E-state index contributed by atoms with van der Waals surface area (Å²) in [5.41, 5.74) is -0.270. The van der Waals surface area contributed by atoms with Gasteiger partial charge in [-0.2, -0.15) is 13.2 Å². The van der Waals surface area contributed by atoms with Crippen LogP contribution in [0.15, 0.2) is 34.9 Å². The smallest absolute Gasteiger partial charge is 0.416 e. The second-order valence-corrected chi connectivity index (χ2v) is 3.46. The monoisotopic (exact) mass is 257 g/mol. The van der Waals surface area contributed by atoms with Gasteiger partial charge in [-0.05, 0) is 12.1 Å². The largest absolute Gasteiger partial charge is 0.475 e. The molecule has 0 fully saturated rings. The van der Waals surface area contributed by atoms with Gasteiger partial charge < -0.3 is 9.63 Å². The molecule has 0 unspecified atom stereocenters. The fourth-order valence-electron chi connectivity index (χ4n) is 1.34. The minimum Gasteiger partial charge on any atom is -0.475 e. The van der Waals surface area contributed by atoms with Crippen molar-refractivity contribution < 1.29 is 27.6 Å². The lowest BCUT2D eigenvalue weighted by atomic mass is 10.1. The molecule has 0 spiro atoms. The average molecular weight is 257 g/mol. The van der Waals surface area contributed by atoms with E-state index in [1.54, 1.807) is 0 Å². The van der Waals surface area contributed by atoms with Gasteiger partial charge in [0.05, 0.1) is 5.56 Å². The predicted molar refractivity (Wildman–Crippen MR) is 53.9 cm³/mol. The molecule has 0 saturated heterocycles.